The number of anilines is 1. The van der Waals surface area contributed by atoms with E-state index in [0.29, 0.717) is 22.8 Å². The van der Waals surface area contributed by atoms with Gasteiger partial charge in [-0.15, -0.1) is 0 Å². The SMILES string of the molecule is CCc1nc2cc(NC(=O)Cc3c(C)nc(OC)nc3OC)ccc2n1C. The van der Waals surface area contributed by atoms with E-state index in [-0.39, 0.29) is 18.3 Å². The first kappa shape index (κ1) is 18.6. The minimum Gasteiger partial charge on any atom is -0.481 e. The molecule has 3 aromatic rings. The number of hydrogen-bond acceptors (Lipinski definition) is 6. The number of ether oxygens (including phenoxy) is 2. The molecule has 27 heavy (non-hydrogen) atoms. The average Bonchev–Trinajstić information content (AvgIpc) is 2.98. The summed E-state index contributed by atoms with van der Waals surface area (Å²) in [5.41, 5.74) is 3.85. The molecule has 2 heterocycles. The predicted octanol–water partition coefficient (Wildman–Crippen LogP) is 2.43. The summed E-state index contributed by atoms with van der Waals surface area (Å²) < 4.78 is 12.4. The van der Waals surface area contributed by atoms with E-state index in [1.54, 1.807) is 6.92 Å². The molecule has 1 amide bonds. The van der Waals surface area contributed by atoms with Crippen LogP contribution in [-0.4, -0.2) is 39.6 Å². The number of rotatable bonds is 6. The molecule has 0 aliphatic carbocycles. The van der Waals surface area contributed by atoms with Crippen LogP contribution in [0.15, 0.2) is 18.2 Å². The number of nitrogens with one attached hydrogen (secondary N) is 1. The third-order valence-corrected chi connectivity index (χ3v) is 4.44. The van der Waals surface area contributed by atoms with Crippen LogP contribution in [0.5, 0.6) is 11.9 Å². The van der Waals surface area contributed by atoms with Crippen LogP contribution >= 0.6 is 0 Å². The molecule has 1 aromatic carbocycles. The first-order valence-electron chi connectivity index (χ1n) is 8.67. The zero-order chi connectivity index (χ0) is 19.6. The Morgan fingerprint density at radius 2 is 1.96 bits per heavy atom. The molecule has 0 unspecified atom stereocenters. The van der Waals surface area contributed by atoms with Gasteiger partial charge in [-0.25, -0.2) is 9.97 Å². The highest BCUT2D eigenvalue weighted by atomic mass is 16.5. The van der Waals surface area contributed by atoms with Gasteiger partial charge >= 0.3 is 6.01 Å². The second-order valence-electron chi connectivity index (χ2n) is 6.15. The zero-order valence-corrected chi connectivity index (χ0v) is 16.2. The van der Waals surface area contributed by atoms with E-state index >= 15 is 0 Å². The number of nitrogens with zero attached hydrogens (tertiary/aromatic N) is 4. The molecule has 0 aliphatic rings. The molecule has 1 N–H and O–H groups in total. The topological polar surface area (TPSA) is 91.2 Å². The van der Waals surface area contributed by atoms with E-state index in [2.05, 4.69) is 31.8 Å². The van der Waals surface area contributed by atoms with Gasteiger partial charge in [-0.2, -0.15) is 4.98 Å². The first-order chi connectivity index (χ1) is 13.0. The van der Waals surface area contributed by atoms with Gasteiger partial charge in [-0.3, -0.25) is 4.79 Å². The van der Waals surface area contributed by atoms with Crippen LogP contribution in [0.25, 0.3) is 11.0 Å². The fourth-order valence-corrected chi connectivity index (χ4v) is 3.02. The molecule has 0 aliphatic heterocycles. The molecule has 3 rings (SSSR count). The molecular weight excluding hydrogens is 346 g/mol. The molecular formula is C19H23N5O3. The standard InChI is InChI=1S/C19H23N5O3/c1-6-16-22-14-9-12(7-8-15(14)24(16)3)21-17(25)10-13-11(2)20-19(27-5)23-18(13)26-4/h7-9H,6,10H2,1-5H3,(H,21,25). The van der Waals surface area contributed by atoms with Crippen molar-refractivity contribution in [2.45, 2.75) is 26.7 Å². The van der Waals surface area contributed by atoms with Crippen molar-refractivity contribution in [2.75, 3.05) is 19.5 Å². The summed E-state index contributed by atoms with van der Waals surface area (Å²) in [7, 11) is 4.98. The third-order valence-electron chi connectivity index (χ3n) is 4.44. The van der Waals surface area contributed by atoms with Crippen molar-refractivity contribution < 1.29 is 14.3 Å². The molecule has 0 spiro atoms. The van der Waals surface area contributed by atoms with Crippen molar-refractivity contribution in [1.82, 2.24) is 19.5 Å². The number of carbonyl (C=O) groups is 1. The number of imidazole rings is 1. The largest absolute Gasteiger partial charge is 0.481 e. The van der Waals surface area contributed by atoms with E-state index in [0.717, 1.165) is 23.3 Å². The van der Waals surface area contributed by atoms with Gasteiger partial charge in [-0.1, -0.05) is 6.92 Å². The second-order valence-corrected chi connectivity index (χ2v) is 6.15. The van der Waals surface area contributed by atoms with Crippen LogP contribution in [0.1, 0.15) is 24.0 Å². The van der Waals surface area contributed by atoms with Crippen LogP contribution in [0, 0.1) is 6.92 Å². The number of methoxy groups -OCH3 is 2. The van der Waals surface area contributed by atoms with E-state index in [4.69, 9.17) is 9.47 Å². The summed E-state index contributed by atoms with van der Waals surface area (Å²) >= 11 is 0. The Morgan fingerprint density at radius 1 is 1.19 bits per heavy atom. The van der Waals surface area contributed by atoms with E-state index in [1.807, 2.05) is 25.2 Å². The number of amides is 1. The molecule has 8 nitrogen and oxygen atoms in total. The Labute approximate surface area is 157 Å². The molecule has 0 atom stereocenters. The minimum atomic E-state index is -0.184. The lowest BCUT2D eigenvalue weighted by Gasteiger charge is -2.11. The van der Waals surface area contributed by atoms with Crippen LogP contribution in [0.4, 0.5) is 5.69 Å². The summed E-state index contributed by atoms with van der Waals surface area (Å²) in [5, 5.41) is 2.91. The highest BCUT2D eigenvalue weighted by molar-refractivity contribution is 5.94. The van der Waals surface area contributed by atoms with Gasteiger partial charge in [0.1, 0.15) is 5.82 Å². The molecule has 0 radical (unpaired) electrons. The Hall–Kier alpha value is -3.16. The van der Waals surface area contributed by atoms with Crippen LogP contribution < -0.4 is 14.8 Å². The number of fused-ring (bicyclic) bond motifs is 1. The number of aromatic nitrogens is 4. The van der Waals surface area contributed by atoms with Crippen molar-refractivity contribution in [3.8, 4) is 11.9 Å². The molecule has 0 fully saturated rings. The summed E-state index contributed by atoms with van der Waals surface area (Å²) in [6.45, 7) is 3.86. The lowest BCUT2D eigenvalue weighted by atomic mass is 10.1. The lowest BCUT2D eigenvalue weighted by Crippen LogP contribution is -2.17. The number of carbonyl (C=O) groups excluding carboxylic acids is 1. The quantitative estimate of drug-likeness (QED) is 0.718. The third kappa shape index (κ3) is 3.69. The van der Waals surface area contributed by atoms with Gasteiger partial charge in [0.05, 0.1) is 37.4 Å². The van der Waals surface area contributed by atoms with Gasteiger partial charge in [0.2, 0.25) is 11.8 Å². The van der Waals surface area contributed by atoms with Crippen LogP contribution in [0.3, 0.4) is 0 Å². The Balaban J connectivity index is 1.81. The lowest BCUT2D eigenvalue weighted by molar-refractivity contribution is -0.115. The summed E-state index contributed by atoms with van der Waals surface area (Å²) in [6, 6.07) is 5.91. The maximum absolute atomic E-state index is 12.5. The van der Waals surface area contributed by atoms with Crippen molar-refractivity contribution in [3.05, 3.63) is 35.3 Å². The smallest absolute Gasteiger partial charge is 0.319 e. The Morgan fingerprint density at radius 3 is 2.63 bits per heavy atom. The fourth-order valence-electron chi connectivity index (χ4n) is 3.02. The summed E-state index contributed by atoms with van der Waals surface area (Å²) in [4.78, 5) is 25.5. The Kier molecular flexibility index (Phi) is 5.25. The highest BCUT2D eigenvalue weighted by Gasteiger charge is 2.17. The van der Waals surface area contributed by atoms with Gasteiger partial charge in [0.15, 0.2) is 0 Å². The first-order valence-corrected chi connectivity index (χ1v) is 8.67. The number of benzene rings is 1. The van der Waals surface area contributed by atoms with Gasteiger partial charge < -0.3 is 19.4 Å². The van der Waals surface area contributed by atoms with E-state index in [9.17, 15) is 4.79 Å². The minimum absolute atomic E-state index is 0.0967. The maximum atomic E-state index is 12.5. The molecule has 142 valence electrons. The number of hydrogen-bond donors (Lipinski definition) is 1. The molecule has 8 heteroatoms. The molecule has 0 saturated carbocycles. The van der Waals surface area contributed by atoms with Gasteiger partial charge in [-0.05, 0) is 25.1 Å². The van der Waals surface area contributed by atoms with Crippen LogP contribution in [-0.2, 0) is 24.7 Å². The summed E-state index contributed by atoms with van der Waals surface area (Å²) in [6.07, 6.45) is 0.947. The highest BCUT2D eigenvalue weighted by Crippen LogP contribution is 2.23. The van der Waals surface area contributed by atoms with Crippen molar-refractivity contribution in [3.63, 3.8) is 0 Å². The van der Waals surface area contributed by atoms with E-state index < -0.39 is 0 Å². The van der Waals surface area contributed by atoms with Crippen molar-refractivity contribution in [2.24, 2.45) is 7.05 Å². The molecule has 0 bridgehead atoms. The maximum Gasteiger partial charge on any atom is 0.319 e. The monoisotopic (exact) mass is 369 g/mol. The van der Waals surface area contributed by atoms with Crippen molar-refractivity contribution in [1.29, 1.82) is 0 Å². The van der Waals surface area contributed by atoms with Crippen molar-refractivity contribution >= 4 is 22.6 Å². The Bertz CT molecular complexity index is 997. The van der Waals surface area contributed by atoms with Gasteiger partial charge in [0, 0.05) is 24.7 Å². The predicted molar refractivity (Wildman–Crippen MR) is 102 cm³/mol. The zero-order valence-electron chi connectivity index (χ0n) is 16.2. The summed E-state index contributed by atoms with van der Waals surface area (Å²) in [5.74, 6) is 1.16. The number of aryl methyl sites for hydroxylation is 3. The molecule has 2 aromatic heterocycles. The van der Waals surface area contributed by atoms with E-state index in [1.165, 1.54) is 14.2 Å². The van der Waals surface area contributed by atoms with Gasteiger partial charge in [0.25, 0.3) is 0 Å². The molecule has 0 saturated heterocycles. The normalized spacial score (nSPS) is 10.9. The second kappa shape index (κ2) is 7.61. The fraction of sp³-hybridized carbons (Fsp3) is 0.368. The van der Waals surface area contributed by atoms with Crippen LogP contribution in [0.2, 0.25) is 0 Å². The average molecular weight is 369 g/mol.